The van der Waals surface area contributed by atoms with E-state index < -0.39 is 0 Å². The summed E-state index contributed by atoms with van der Waals surface area (Å²) in [6.45, 7) is 7.02. The summed E-state index contributed by atoms with van der Waals surface area (Å²) in [4.78, 5) is 13.3. The standard InChI is InChI=1S/C23H27N3O6S/c1-5-29-18-12-15(13-19(30-6-2)21(18)31-7-3)22-25-26-23(32-22)24-20(27)14-33-17-10-8-16(28-4)9-11-17/h8-13H,5-7,14H2,1-4H3,(H,24,26,27). The molecule has 0 unspecified atom stereocenters. The summed E-state index contributed by atoms with van der Waals surface area (Å²) >= 11 is 1.39. The Morgan fingerprint density at radius 1 is 0.970 bits per heavy atom. The first-order valence-electron chi connectivity index (χ1n) is 10.5. The van der Waals surface area contributed by atoms with Crippen molar-refractivity contribution in [2.45, 2.75) is 25.7 Å². The fourth-order valence-electron chi connectivity index (χ4n) is 2.88. The van der Waals surface area contributed by atoms with Crippen molar-refractivity contribution in [2.24, 2.45) is 0 Å². The van der Waals surface area contributed by atoms with E-state index in [2.05, 4.69) is 15.5 Å². The van der Waals surface area contributed by atoms with Crippen LogP contribution < -0.4 is 24.3 Å². The third kappa shape index (κ3) is 6.55. The number of rotatable bonds is 12. The number of hydrogen-bond acceptors (Lipinski definition) is 9. The molecule has 1 amide bonds. The predicted molar refractivity (Wildman–Crippen MR) is 126 cm³/mol. The Balaban J connectivity index is 1.71. The molecule has 3 rings (SSSR count). The van der Waals surface area contributed by atoms with Crippen LogP contribution in [0.4, 0.5) is 6.01 Å². The normalized spacial score (nSPS) is 10.5. The summed E-state index contributed by atoms with van der Waals surface area (Å²) < 4.78 is 28.0. The van der Waals surface area contributed by atoms with Crippen LogP contribution in [0, 0.1) is 0 Å². The summed E-state index contributed by atoms with van der Waals surface area (Å²) in [6, 6.07) is 11.0. The van der Waals surface area contributed by atoms with Crippen LogP contribution >= 0.6 is 11.8 Å². The molecule has 0 aliphatic carbocycles. The molecule has 10 heteroatoms. The molecule has 1 heterocycles. The minimum absolute atomic E-state index is 0.00938. The average Bonchev–Trinajstić information content (AvgIpc) is 3.28. The van der Waals surface area contributed by atoms with E-state index in [-0.39, 0.29) is 23.6 Å². The summed E-state index contributed by atoms with van der Waals surface area (Å²) in [5.74, 6) is 2.46. The number of nitrogens with one attached hydrogen (secondary N) is 1. The van der Waals surface area contributed by atoms with Gasteiger partial charge in [-0.1, -0.05) is 5.10 Å². The van der Waals surface area contributed by atoms with Gasteiger partial charge >= 0.3 is 6.01 Å². The molecule has 0 aliphatic rings. The van der Waals surface area contributed by atoms with Gasteiger partial charge in [0.15, 0.2) is 11.5 Å². The first kappa shape index (κ1) is 24.2. The zero-order chi connectivity index (χ0) is 23.6. The van der Waals surface area contributed by atoms with Gasteiger partial charge in [0.1, 0.15) is 5.75 Å². The highest BCUT2D eigenvalue weighted by atomic mass is 32.2. The number of hydrogen-bond donors (Lipinski definition) is 1. The molecule has 2 aromatic carbocycles. The zero-order valence-corrected chi connectivity index (χ0v) is 19.9. The largest absolute Gasteiger partial charge is 0.497 e. The number of amides is 1. The number of benzene rings is 2. The van der Waals surface area contributed by atoms with E-state index >= 15 is 0 Å². The van der Waals surface area contributed by atoms with Crippen LogP contribution in [0.1, 0.15) is 20.8 Å². The van der Waals surface area contributed by atoms with Crippen molar-refractivity contribution in [1.29, 1.82) is 0 Å². The van der Waals surface area contributed by atoms with Crippen molar-refractivity contribution in [3.63, 3.8) is 0 Å². The van der Waals surface area contributed by atoms with Crippen molar-refractivity contribution in [3.05, 3.63) is 36.4 Å². The van der Waals surface area contributed by atoms with Crippen LogP contribution in [0.15, 0.2) is 45.7 Å². The SMILES string of the molecule is CCOc1cc(-c2nnc(NC(=O)CSc3ccc(OC)cc3)o2)cc(OCC)c1OCC. The highest BCUT2D eigenvalue weighted by molar-refractivity contribution is 8.00. The summed E-state index contributed by atoms with van der Waals surface area (Å²) in [5.41, 5.74) is 0.589. The lowest BCUT2D eigenvalue weighted by Gasteiger charge is -2.16. The van der Waals surface area contributed by atoms with Crippen molar-refractivity contribution in [2.75, 3.05) is 38.0 Å². The highest BCUT2D eigenvalue weighted by Gasteiger charge is 2.19. The third-order valence-corrected chi connectivity index (χ3v) is 5.27. The molecule has 3 aromatic rings. The van der Waals surface area contributed by atoms with E-state index in [1.165, 1.54) is 11.8 Å². The third-order valence-electron chi connectivity index (χ3n) is 4.26. The second-order valence-corrected chi connectivity index (χ2v) is 7.57. The van der Waals surface area contributed by atoms with Crippen LogP contribution in [0.3, 0.4) is 0 Å². The first-order chi connectivity index (χ1) is 16.1. The Bertz CT molecular complexity index is 1030. The number of carbonyl (C=O) groups excluding carboxylic acids is 1. The predicted octanol–water partition coefficient (Wildman–Crippen LogP) is 4.67. The van der Waals surface area contributed by atoms with Gasteiger partial charge in [-0.3, -0.25) is 10.1 Å². The number of anilines is 1. The second kappa shape index (κ2) is 12.0. The smallest absolute Gasteiger partial charge is 0.322 e. The molecule has 0 fully saturated rings. The maximum atomic E-state index is 12.3. The Kier molecular flexibility index (Phi) is 8.82. The number of methoxy groups -OCH3 is 1. The van der Waals surface area contributed by atoms with E-state index in [0.29, 0.717) is 42.6 Å². The number of ether oxygens (including phenoxy) is 4. The molecule has 1 aromatic heterocycles. The molecule has 176 valence electrons. The Hall–Kier alpha value is -3.40. The maximum Gasteiger partial charge on any atom is 0.322 e. The molecule has 0 atom stereocenters. The highest BCUT2D eigenvalue weighted by Crippen LogP contribution is 2.41. The van der Waals surface area contributed by atoms with Gasteiger partial charge in [0.2, 0.25) is 17.5 Å². The van der Waals surface area contributed by atoms with Crippen LogP contribution in [-0.4, -0.2) is 48.8 Å². The number of carbonyl (C=O) groups is 1. The Morgan fingerprint density at radius 2 is 1.61 bits per heavy atom. The van der Waals surface area contributed by atoms with Gasteiger partial charge in [-0.25, -0.2) is 0 Å². The minimum atomic E-state index is -0.261. The molecular weight excluding hydrogens is 446 g/mol. The lowest BCUT2D eigenvalue weighted by molar-refractivity contribution is -0.113. The Labute approximate surface area is 196 Å². The van der Waals surface area contributed by atoms with Gasteiger partial charge in [0.05, 0.1) is 32.7 Å². The number of nitrogens with zero attached hydrogens (tertiary/aromatic N) is 2. The molecule has 9 nitrogen and oxygen atoms in total. The average molecular weight is 474 g/mol. The van der Waals surface area contributed by atoms with E-state index in [9.17, 15) is 4.79 Å². The molecule has 33 heavy (non-hydrogen) atoms. The van der Waals surface area contributed by atoms with Crippen LogP contribution in [-0.2, 0) is 4.79 Å². The molecule has 0 radical (unpaired) electrons. The quantitative estimate of drug-likeness (QED) is 0.376. The van der Waals surface area contributed by atoms with Crippen molar-refractivity contribution < 1.29 is 28.2 Å². The second-order valence-electron chi connectivity index (χ2n) is 6.53. The van der Waals surface area contributed by atoms with Crippen LogP contribution in [0.2, 0.25) is 0 Å². The summed E-state index contributed by atoms with van der Waals surface area (Å²) in [5, 5.41) is 10.6. The first-order valence-corrected chi connectivity index (χ1v) is 11.5. The van der Waals surface area contributed by atoms with Crippen molar-refractivity contribution >= 4 is 23.7 Å². The molecule has 0 bridgehead atoms. The summed E-state index contributed by atoms with van der Waals surface area (Å²) in [7, 11) is 1.61. The molecule has 1 N–H and O–H groups in total. The van der Waals surface area contributed by atoms with E-state index in [4.69, 9.17) is 23.4 Å². The van der Waals surface area contributed by atoms with Gasteiger partial charge in [-0.15, -0.1) is 16.9 Å². The van der Waals surface area contributed by atoms with Crippen LogP contribution in [0.25, 0.3) is 11.5 Å². The number of aromatic nitrogens is 2. The van der Waals surface area contributed by atoms with Crippen molar-refractivity contribution in [1.82, 2.24) is 10.2 Å². The molecule has 0 spiro atoms. The minimum Gasteiger partial charge on any atom is -0.497 e. The molecular formula is C23H27N3O6S. The monoisotopic (exact) mass is 473 g/mol. The van der Waals surface area contributed by atoms with E-state index in [1.54, 1.807) is 19.2 Å². The Morgan fingerprint density at radius 3 is 2.18 bits per heavy atom. The molecule has 0 aliphatic heterocycles. The van der Waals surface area contributed by atoms with Gasteiger partial charge in [0, 0.05) is 10.5 Å². The molecule has 0 saturated carbocycles. The van der Waals surface area contributed by atoms with Gasteiger partial charge in [0.25, 0.3) is 0 Å². The van der Waals surface area contributed by atoms with E-state index in [0.717, 1.165) is 10.6 Å². The van der Waals surface area contributed by atoms with Crippen molar-refractivity contribution in [3.8, 4) is 34.5 Å². The van der Waals surface area contributed by atoms with Gasteiger partial charge < -0.3 is 23.4 Å². The van der Waals surface area contributed by atoms with Gasteiger partial charge in [-0.05, 0) is 57.2 Å². The maximum absolute atomic E-state index is 12.3. The molecule has 0 saturated heterocycles. The topological polar surface area (TPSA) is 105 Å². The summed E-state index contributed by atoms with van der Waals surface area (Å²) in [6.07, 6.45) is 0. The lowest BCUT2D eigenvalue weighted by Crippen LogP contribution is -2.14. The number of thioether (sulfide) groups is 1. The lowest BCUT2D eigenvalue weighted by atomic mass is 10.2. The van der Waals surface area contributed by atoms with E-state index in [1.807, 2.05) is 45.0 Å². The van der Waals surface area contributed by atoms with Crippen LogP contribution in [0.5, 0.6) is 23.0 Å². The zero-order valence-electron chi connectivity index (χ0n) is 19.0. The fourth-order valence-corrected chi connectivity index (χ4v) is 3.58. The fraction of sp³-hybridized carbons (Fsp3) is 0.348. The van der Waals surface area contributed by atoms with Gasteiger partial charge in [-0.2, -0.15) is 0 Å².